The molecular weight excluding hydrogens is 347 g/mol. The Hall–Kier alpha value is -1.09. The van der Waals surface area contributed by atoms with E-state index in [9.17, 15) is 21.6 Å². The summed E-state index contributed by atoms with van der Waals surface area (Å²) in [6, 6.07) is 7.51. The molecule has 2 rings (SSSR count). The summed E-state index contributed by atoms with van der Waals surface area (Å²) in [4.78, 5) is 0. The lowest BCUT2D eigenvalue weighted by Gasteiger charge is -2.13. The Balaban J connectivity index is 2.21. The van der Waals surface area contributed by atoms with Crippen LogP contribution in [0.5, 0.6) is 0 Å². The van der Waals surface area contributed by atoms with Crippen molar-refractivity contribution in [2.75, 3.05) is 0 Å². The highest BCUT2D eigenvalue weighted by atomic mass is 35.5. The second-order valence-electron chi connectivity index (χ2n) is 4.04. The van der Waals surface area contributed by atoms with Crippen LogP contribution in [0, 0.1) is 0 Å². The van der Waals surface area contributed by atoms with E-state index in [-0.39, 0.29) is 14.1 Å². The molecule has 0 aliphatic heterocycles. The molecule has 0 atom stereocenters. The van der Waals surface area contributed by atoms with E-state index in [1.807, 2.05) is 0 Å². The number of sulfonamides is 1. The Bertz CT molecular complexity index is 741. The van der Waals surface area contributed by atoms with Crippen LogP contribution in [0.25, 0.3) is 0 Å². The fraction of sp³-hybridized carbons (Fsp3) is 0.167. The van der Waals surface area contributed by atoms with E-state index < -0.39 is 28.3 Å². The van der Waals surface area contributed by atoms with E-state index in [0.29, 0.717) is 0 Å². The quantitative estimate of drug-likeness (QED) is 0.904. The van der Waals surface area contributed by atoms with Crippen LogP contribution in [0.1, 0.15) is 11.1 Å². The van der Waals surface area contributed by atoms with Gasteiger partial charge < -0.3 is 0 Å². The molecule has 1 N–H and O–H groups in total. The molecule has 114 valence electrons. The first-order chi connectivity index (χ1) is 9.70. The number of halogens is 4. The summed E-state index contributed by atoms with van der Waals surface area (Å²) in [5.74, 6) is 0. The number of nitrogens with one attached hydrogen (secondary N) is 1. The van der Waals surface area contributed by atoms with Crippen molar-refractivity contribution < 1.29 is 21.6 Å². The Morgan fingerprint density at radius 2 is 1.81 bits per heavy atom. The predicted molar refractivity (Wildman–Crippen MR) is 74.8 cm³/mol. The van der Waals surface area contributed by atoms with Crippen LogP contribution in [0.4, 0.5) is 13.2 Å². The maximum Gasteiger partial charge on any atom is 0.416 e. The number of alkyl halides is 3. The molecular formula is C12H9ClF3NO2S2. The van der Waals surface area contributed by atoms with Crippen molar-refractivity contribution in [2.45, 2.75) is 16.9 Å². The molecule has 0 bridgehead atoms. The molecule has 1 aromatic carbocycles. The van der Waals surface area contributed by atoms with E-state index in [1.165, 1.54) is 30.3 Å². The minimum Gasteiger partial charge on any atom is -0.206 e. The highest BCUT2D eigenvalue weighted by molar-refractivity contribution is 7.91. The van der Waals surface area contributed by atoms with Gasteiger partial charge in [-0.3, -0.25) is 0 Å². The number of benzene rings is 1. The van der Waals surface area contributed by atoms with Crippen molar-refractivity contribution in [1.29, 1.82) is 0 Å². The standard InChI is InChI=1S/C12H9ClF3NO2S2/c13-10-5-6-11(20-10)21(18,19)17-7-8-3-1-2-4-9(8)12(14,15)16/h1-6,17H,7H2. The van der Waals surface area contributed by atoms with E-state index in [0.717, 1.165) is 17.4 Å². The van der Waals surface area contributed by atoms with Gasteiger partial charge in [0.25, 0.3) is 0 Å². The van der Waals surface area contributed by atoms with Gasteiger partial charge >= 0.3 is 6.18 Å². The zero-order valence-corrected chi connectivity index (χ0v) is 12.7. The minimum atomic E-state index is -4.53. The largest absolute Gasteiger partial charge is 0.416 e. The lowest BCUT2D eigenvalue weighted by Crippen LogP contribution is -2.24. The number of thiophene rings is 1. The lowest BCUT2D eigenvalue weighted by atomic mass is 10.1. The van der Waals surface area contributed by atoms with Crippen molar-refractivity contribution in [3.8, 4) is 0 Å². The molecule has 1 heterocycles. The van der Waals surface area contributed by atoms with Gasteiger partial charge in [-0.1, -0.05) is 29.8 Å². The average molecular weight is 356 g/mol. The molecule has 0 radical (unpaired) electrons. The Kier molecular flexibility index (Phi) is 4.62. The Morgan fingerprint density at radius 3 is 2.38 bits per heavy atom. The second-order valence-corrected chi connectivity index (χ2v) is 7.75. The summed E-state index contributed by atoms with van der Waals surface area (Å²) >= 11 is 6.48. The van der Waals surface area contributed by atoms with Crippen molar-refractivity contribution >= 4 is 33.0 Å². The summed E-state index contributed by atoms with van der Waals surface area (Å²) in [5.41, 5.74) is -1.01. The van der Waals surface area contributed by atoms with E-state index in [2.05, 4.69) is 4.72 Å². The van der Waals surface area contributed by atoms with Crippen LogP contribution in [-0.4, -0.2) is 8.42 Å². The molecule has 0 spiro atoms. The van der Waals surface area contributed by atoms with Crippen molar-refractivity contribution in [3.05, 3.63) is 51.9 Å². The zero-order chi connectivity index (χ0) is 15.7. The van der Waals surface area contributed by atoms with Crippen LogP contribution < -0.4 is 4.72 Å². The maximum absolute atomic E-state index is 12.8. The fourth-order valence-electron chi connectivity index (χ4n) is 1.64. The van der Waals surface area contributed by atoms with Gasteiger partial charge in [0.15, 0.2) is 0 Å². The first-order valence-corrected chi connectivity index (χ1v) is 8.28. The molecule has 21 heavy (non-hydrogen) atoms. The van der Waals surface area contributed by atoms with Gasteiger partial charge in [0, 0.05) is 6.54 Å². The highest BCUT2D eigenvalue weighted by Gasteiger charge is 2.33. The van der Waals surface area contributed by atoms with Gasteiger partial charge in [-0.05, 0) is 23.8 Å². The van der Waals surface area contributed by atoms with Crippen molar-refractivity contribution in [1.82, 2.24) is 4.72 Å². The summed E-state index contributed by atoms with van der Waals surface area (Å²) in [7, 11) is -3.88. The molecule has 0 amide bonds. The second kappa shape index (κ2) is 5.96. The van der Waals surface area contributed by atoms with Gasteiger partial charge in [0.2, 0.25) is 10.0 Å². The molecule has 0 saturated heterocycles. The Morgan fingerprint density at radius 1 is 1.14 bits per heavy atom. The number of hydrogen-bond acceptors (Lipinski definition) is 3. The van der Waals surface area contributed by atoms with Crippen LogP contribution in [-0.2, 0) is 22.7 Å². The maximum atomic E-state index is 12.8. The number of rotatable bonds is 4. The fourth-order valence-corrected chi connectivity index (χ4v) is 4.17. The smallest absolute Gasteiger partial charge is 0.206 e. The minimum absolute atomic E-state index is 0.0445. The molecule has 0 unspecified atom stereocenters. The molecule has 0 saturated carbocycles. The third-order valence-electron chi connectivity index (χ3n) is 2.59. The molecule has 2 aromatic rings. The number of hydrogen-bond donors (Lipinski definition) is 1. The normalized spacial score (nSPS) is 12.6. The predicted octanol–water partition coefficient (Wildman–Crippen LogP) is 3.90. The van der Waals surface area contributed by atoms with Crippen molar-refractivity contribution in [3.63, 3.8) is 0 Å². The average Bonchev–Trinajstić information content (AvgIpc) is 2.83. The third-order valence-corrected chi connectivity index (χ3v) is 5.71. The monoisotopic (exact) mass is 355 g/mol. The zero-order valence-electron chi connectivity index (χ0n) is 10.3. The summed E-state index contributed by atoms with van der Waals surface area (Å²) in [6.45, 7) is -0.451. The Labute approximate surface area is 128 Å². The molecule has 3 nitrogen and oxygen atoms in total. The molecule has 1 aromatic heterocycles. The third kappa shape index (κ3) is 3.97. The first-order valence-electron chi connectivity index (χ1n) is 5.60. The van der Waals surface area contributed by atoms with Crippen LogP contribution in [0.15, 0.2) is 40.6 Å². The van der Waals surface area contributed by atoms with Gasteiger partial charge in [-0.25, -0.2) is 13.1 Å². The van der Waals surface area contributed by atoms with Gasteiger partial charge in [-0.2, -0.15) is 13.2 Å². The summed E-state index contributed by atoms with van der Waals surface area (Å²) in [5, 5.41) is 0. The topological polar surface area (TPSA) is 46.2 Å². The SMILES string of the molecule is O=S(=O)(NCc1ccccc1C(F)(F)F)c1ccc(Cl)s1. The molecule has 0 fully saturated rings. The molecule has 9 heteroatoms. The van der Waals surface area contributed by atoms with E-state index in [1.54, 1.807) is 0 Å². The van der Waals surface area contributed by atoms with Gasteiger partial charge in [0.1, 0.15) is 4.21 Å². The first kappa shape index (κ1) is 16.3. The van der Waals surface area contributed by atoms with Crippen LogP contribution >= 0.6 is 22.9 Å². The van der Waals surface area contributed by atoms with E-state index >= 15 is 0 Å². The summed E-state index contributed by atoms with van der Waals surface area (Å²) in [6.07, 6.45) is -4.53. The van der Waals surface area contributed by atoms with Gasteiger partial charge in [0.05, 0.1) is 9.90 Å². The van der Waals surface area contributed by atoms with Crippen molar-refractivity contribution in [2.24, 2.45) is 0 Å². The van der Waals surface area contributed by atoms with Gasteiger partial charge in [-0.15, -0.1) is 11.3 Å². The van der Waals surface area contributed by atoms with E-state index in [4.69, 9.17) is 11.6 Å². The highest BCUT2D eigenvalue weighted by Crippen LogP contribution is 2.32. The van der Waals surface area contributed by atoms with Crippen LogP contribution in [0.3, 0.4) is 0 Å². The summed E-state index contributed by atoms with van der Waals surface area (Å²) < 4.78 is 64.7. The lowest BCUT2D eigenvalue weighted by molar-refractivity contribution is -0.138. The molecule has 0 aliphatic rings. The van der Waals surface area contributed by atoms with Crippen LogP contribution in [0.2, 0.25) is 4.34 Å². The molecule has 0 aliphatic carbocycles.